The first-order valence-electron chi connectivity index (χ1n) is 11.1. The van der Waals surface area contributed by atoms with E-state index in [0.717, 1.165) is 21.1 Å². The van der Waals surface area contributed by atoms with Crippen LogP contribution in [0.25, 0.3) is 0 Å². The van der Waals surface area contributed by atoms with Gasteiger partial charge in [-0.15, -0.1) is 23.1 Å². The molecule has 0 radical (unpaired) electrons. The van der Waals surface area contributed by atoms with Gasteiger partial charge < -0.3 is 14.2 Å². The molecule has 0 aliphatic carbocycles. The number of hydrogen-bond donors (Lipinski definition) is 0. The number of thiazole rings is 1. The van der Waals surface area contributed by atoms with Crippen molar-refractivity contribution >= 4 is 40.1 Å². The van der Waals surface area contributed by atoms with E-state index < -0.39 is 5.97 Å². The Morgan fingerprint density at radius 2 is 1.88 bits per heavy atom. The summed E-state index contributed by atoms with van der Waals surface area (Å²) in [7, 11) is 0. The molecular formula is C25H26N2O5S2. The molecule has 7 nitrogen and oxygen atoms in total. The molecule has 9 heteroatoms. The highest BCUT2D eigenvalue weighted by molar-refractivity contribution is 8.00. The predicted molar refractivity (Wildman–Crippen MR) is 133 cm³/mol. The van der Waals surface area contributed by atoms with Crippen LogP contribution >= 0.6 is 23.1 Å². The van der Waals surface area contributed by atoms with E-state index in [-0.39, 0.29) is 24.0 Å². The number of hydrogen-bond acceptors (Lipinski definition) is 8. The minimum atomic E-state index is -0.469. The summed E-state index contributed by atoms with van der Waals surface area (Å²) in [5, 5.41) is 0.504. The number of aromatic nitrogens is 1. The fraction of sp³-hybridized carbons (Fsp3) is 0.320. The van der Waals surface area contributed by atoms with E-state index in [1.165, 1.54) is 23.1 Å². The maximum absolute atomic E-state index is 13.3. The van der Waals surface area contributed by atoms with Crippen LogP contribution in [0.3, 0.4) is 0 Å². The normalized spacial score (nSPS) is 12.3. The Balaban J connectivity index is 1.50. The van der Waals surface area contributed by atoms with Crippen molar-refractivity contribution in [2.24, 2.45) is 0 Å². The average Bonchev–Trinajstić information content (AvgIpc) is 3.24. The lowest BCUT2D eigenvalue weighted by Gasteiger charge is -2.21. The summed E-state index contributed by atoms with van der Waals surface area (Å²) in [5.74, 6) is 1.08. The van der Waals surface area contributed by atoms with E-state index >= 15 is 0 Å². The van der Waals surface area contributed by atoms with E-state index in [2.05, 4.69) is 4.98 Å². The van der Waals surface area contributed by atoms with E-state index in [1.807, 2.05) is 55.5 Å². The number of benzene rings is 2. The number of carbonyl (C=O) groups excluding carboxylic acids is 2. The SMILES string of the molecule is CCOC(=O)c1nc(N(CCc2ccccc2)C(=O)CSc2ccc3c(c2)OCCO3)sc1C. The lowest BCUT2D eigenvalue weighted by Crippen LogP contribution is -2.34. The molecule has 178 valence electrons. The Hall–Kier alpha value is -3.04. The molecule has 0 N–H and O–H groups in total. The van der Waals surface area contributed by atoms with Gasteiger partial charge in [0.15, 0.2) is 22.3 Å². The number of nitrogens with zero attached hydrogens (tertiary/aromatic N) is 2. The summed E-state index contributed by atoms with van der Waals surface area (Å²) < 4.78 is 16.3. The van der Waals surface area contributed by atoms with Crippen LogP contribution in [0, 0.1) is 6.92 Å². The maximum atomic E-state index is 13.3. The third kappa shape index (κ3) is 5.90. The highest BCUT2D eigenvalue weighted by atomic mass is 32.2. The molecular weight excluding hydrogens is 472 g/mol. The zero-order valence-corrected chi connectivity index (χ0v) is 20.7. The number of esters is 1. The first-order chi connectivity index (χ1) is 16.5. The van der Waals surface area contributed by atoms with Crippen molar-refractivity contribution in [1.82, 2.24) is 4.98 Å². The second-order valence-corrected chi connectivity index (χ2v) is 9.73. The van der Waals surface area contributed by atoms with Crippen LogP contribution in [-0.2, 0) is 16.0 Å². The number of fused-ring (bicyclic) bond motifs is 1. The monoisotopic (exact) mass is 498 g/mol. The lowest BCUT2D eigenvalue weighted by atomic mass is 10.1. The summed E-state index contributed by atoms with van der Waals surface area (Å²) in [6.45, 7) is 5.35. The van der Waals surface area contributed by atoms with Crippen LogP contribution in [0.4, 0.5) is 5.13 Å². The molecule has 1 aromatic heterocycles. The largest absolute Gasteiger partial charge is 0.486 e. The van der Waals surface area contributed by atoms with Crippen LogP contribution in [-0.4, -0.2) is 49.0 Å². The van der Waals surface area contributed by atoms with Gasteiger partial charge in [0, 0.05) is 16.3 Å². The summed E-state index contributed by atoms with van der Waals surface area (Å²) in [6.07, 6.45) is 0.675. The molecule has 3 aromatic rings. The molecule has 34 heavy (non-hydrogen) atoms. The Morgan fingerprint density at radius 1 is 1.12 bits per heavy atom. The van der Waals surface area contributed by atoms with Crippen molar-refractivity contribution in [3.05, 3.63) is 64.7 Å². The number of thioether (sulfide) groups is 1. The van der Waals surface area contributed by atoms with Gasteiger partial charge in [-0.05, 0) is 44.0 Å². The standard InChI is InChI=1S/C25H26N2O5S2/c1-3-30-24(29)23-17(2)34-25(26-23)27(12-11-18-7-5-4-6-8-18)22(28)16-33-19-9-10-20-21(15-19)32-14-13-31-20/h4-10,15H,3,11-14,16H2,1-2H3. The van der Waals surface area contributed by atoms with Gasteiger partial charge in [-0.1, -0.05) is 30.3 Å². The van der Waals surface area contributed by atoms with E-state index in [4.69, 9.17) is 14.2 Å². The minimum absolute atomic E-state index is 0.0834. The summed E-state index contributed by atoms with van der Waals surface area (Å²) in [6, 6.07) is 15.7. The Labute approximate surface area is 207 Å². The highest BCUT2D eigenvalue weighted by Crippen LogP contribution is 2.34. The summed E-state index contributed by atoms with van der Waals surface area (Å²) in [4.78, 5) is 33.4. The Morgan fingerprint density at radius 3 is 2.65 bits per heavy atom. The van der Waals surface area contributed by atoms with Crippen LogP contribution < -0.4 is 14.4 Å². The van der Waals surface area contributed by atoms with Gasteiger partial charge in [-0.25, -0.2) is 9.78 Å². The van der Waals surface area contributed by atoms with Crippen molar-refractivity contribution < 1.29 is 23.8 Å². The molecule has 0 saturated heterocycles. The number of amides is 1. The number of aryl methyl sites for hydroxylation is 1. The van der Waals surface area contributed by atoms with Gasteiger partial charge >= 0.3 is 5.97 Å². The lowest BCUT2D eigenvalue weighted by molar-refractivity contribution is -0.116. The molecule has 0 unspecified atom stereocenters. The van der Waals surface area contributed by atoms with Gasteiger partial charge in [-0.3, -0.25) is 9.69 Å². The molecule has 0 spiro atoms. The van der Waals surface area contributed by atoms with Crippen molar-refractivity contribution in [2.45, 2.75) is 25.2 Å². The topological polar surface area (TPSA) is 78.0 Å². The van der Waals surface area contributed by atoms with Crippen molar-refractivity contribution in [2.75, 3.05) is 37.0 Å². The Kier molecular flexibility index (Phi) is 8.08. The second kappa shape index (κ2) is 11.4. The fourth-order valence-corrected chi connectivity index (χ4v) is 5.18. The van der Waals surface area contributed by atoms with E-state index in [9.17, 15) is 9.59 Å². The molecule has 2 aromatic carbocycles. The summed E-state index contributed by atoms with van der Waals surface area (Å²) >= 11 is 2.76. The molecule has 1 aliphatic rings. The number of rotatable bonds is 9. The highest BCUT2D eigenvalue weighted by Gasteiger charge is 2.24. The zero-order chi connectivity index (χ0) is 23.9. The fourth-order valence-electron chi connectivity index (χ4n) is 3.44. The van der Waals surface area contributed by atoms with Gasteiger partial charge in [-0.2, -0.15) is 0 Å². The molecule has 1 aliphatic heterocycles. The zero-order valence-electron chi connectivity index (χ0n) is 19.1. The van der Waals surface area contributed by atoms with Gasteiger partial charge in [0.2, 0.25) is 5.91 Å². The van der Waals surface area contributed by atoms with E-state index in [0.29, 0.717) is 37.1 Å². The van der Waals surface area contributed by atoms with E-state index in [1.54, 1.807) is 11.8 Å². The number of carbonyl (C=O) groups is 2. The predicted octanol–water partition coefficient (Wildman–Crippen LogP) is 4.77. The molecule has 4 rings (SSSR count). The van der Waals surface area contributed by atoms with Crippen LogP contribution in [0.5, 0.6) is 11.5 Å². The third-order valence-corrected chi connectivity index (χ3v) is 7.10. The molecule has 0 saturated carbocycles. The maximum Gasteiger partial charge on any atom is 0.358 e. The smallest absolute Gasteiger partial charge is 0.358 e. The third-order valence-electron chi connectivity index (χ3n) is 5.13. The van der Waals surface area contributed by atoms with Crippen LogP contribution in [0.1, 0.15) is 27.9 Å². The summed E-state index contributed by atoms with van der Waals surface area (Å²) in [5.41, 5.74) is 1.39. The minimum Gasteiger partial charge on any atom is -0.486 e. The average molecular weight is 499 g/mol. The molecule has 0 atom stereocenters. The van der Waals surface area contributed by atoms with Gasteiger partial charge in [0.1, 0.15) is 13.2 Å². The molecule has 2 heterocycles. The van der Waals surface area contributed by atoms with Crippen LogP contribution in [0.15, 0.2) is 53.4 Å². The van der Waals surface area contributed by atoms with Gasteiger partial charge in [0.25, 0.3) is 0 Å². The van der Waals surface area contributed by atoms with Crippen LogP contribution in [0.2, 0.25) is 0 Å². The molecule has 0 bridgehead atoms. The van der Waals surface area contributed by atoms with Crippen molar-refractivity contribution in [3.8, 4) is 11.5 Å². The molecule has 1 amide bonds. The quantitative estimate of drug-likeness (QED) is 0.311. The van der Waals surface area contributed by atoms with Crippen molar-refractivity contribution in [1.29, 1.82) is 0 Å². The Bertz CT molecular complexity index is 1150. The van der Waals surface area contributed by atoms with Gasteiger partial charge in [0.05, 0.1) is 12.4 Å². The number of ether oxygens (including phenoxy) is 3. The number of anilines is 1. The van der Waals surface area contributed by atoms with Crippen molar-refractivity contribution in [3.63, 3.8) is 0 Å². The first-order valence-corrected chi connectivity index (χ1v) is 12.9. The second-order valence-electron chi connectivity index (χ2n) is 7.50. The first kappa shape index (κ1) is 24.1. The molecule has 0 fully saturated rings.